The van der Waals surface area contributed by atoms with E-state index in [-0.39, 0.29) is 28.8 Å². The number of benzene rings is 1. The molecule has 0 aromatic heterocycles. The second-order valence-corrected chi connectivity index (χ2v) is 7.22. The first-order chi connectivity index (χ1) is 9.19. The van der Waals surface area contributed by atoms with Gasteiger partial charge in [-0.3, -0.25) is 4.79 Å². The number of amides is 1. The minimum Gasteiger partial charge on any atom is -0.507 e. The van der Waals surface area contributed by atoms with Crippen LogP contribution in [0.15, 0.2) is 24.3 Å². The van der Waals surface area contributed by atoms with E-state index in [9.17, 15) is 9.90 Å². The van der Waals surface area contributed by atoms with Crippen LogP contribution in [0.25, 0.3) is 0 Å². The lowest BCUT2D eigenvalue weighted by molar-refractivity contribution is -0.787. The van der Waals surface area contributed by atoms with Crippen LogP contribution in [0.2, 0.25) is 0 Å². The third-order valence-corrected chi connectivity index (χ3v) is 3.81. The van der Waals surface area contributed by atoms with Gasteiger partial charge in [0, 0.05) is 18.9 Å². The van der Waals surface area contributed by atoms with E-state index in [0.717, 1.165) is 12.8 Å². The van der Waals surface area contributed by atoms with Crippen LogP contribution in [0, 0.1) is 0 Å². The summed E-state index contributed by atoms with van der Waals surface area (Å²) in [5.74, 6) is -0.160. The molecule has 1 aromatic carbocycles. The van der Waals surface area contributed by atoms with Crippen LogP contribution in [-0.4, -0.2) is 28.1 Å². The van der Waals surface area contributed by atoms with Crippen molar-refractivity contribution >= 4 is 5.91 Å². The number of nitrogens with two attached hydrogens (primary N) is 1. The van der Waals surface area contributed by atoms with Crippen molar-refractivity contribution in [1.29, 1.82) is 0 Å². The third-order valence-electron chi connectivity index (χ3n) is 3.81. The molecule has 0 atom stereocenters. The highest BCUT2D eigenvalue weighted by atomic mass is 16.3. The summed E-state index contributed by atoms with van der Waals surface area (Å²) in [5, 5.41) is 15.2. The molecular weight excluding hydrogens is 252 g/mol. The van der Waals surface area contributed by atoms with E-state index >= 15 is 0 Å². The molecule has 4 heteroatoms. The first-order valence-electron chi connectivity index (χ1n) is 7.14. The summed E-state index contributed by atoms with van der Waals surface area (Å²) in [6.07, 6.45) is 1.85. The van der Waals surface area contributed by atoms with Crippen molar-refractivity contribution in [2.45, 2.75) is 57.7 Å². The summed E-state index contributed by atoms with van der Waals surface area (Å²) in [7, 11) is 0. The molecule has 0 radical (unpaired) electrons. The van der Waals surface area contributed by atoms with Gasteiger partial charge in [-0.1, -0.05) is 12.1 Å². The average molecular weight is 277 g/mol. The predicted molar refractivity (Wildman–Crippen MR) is 78.7 cm³/mol. The Kier molecular flexibility index (Phi) is 3.78. The number of piperidine rings is 1. The van der Waals surface area contributed by atoms with Crippen LogP contribution < -0.4 is 10.6 Å². The van der Waals surface area contributed by atoms with Crippen molar-refractivity contribution in [2.75, 3.05) is 0 Å². The Balaban J connectivity index is 2.10. The van der Waals surface area contributed by atoms with Crippen LogP contribution >= 0.6 is 0 Å². The van der Waals surface area contributed by atoms with Gasteiger partial charge in [-0.05, 0) is 39.8 Å². The summed E-state index contributed by atoms with van der Waals surface area (Å²) in [5.41, 5.74) is 0.564. The van der Waals surface area contributed by atoms with E-state index in [0.29, 0.717) is 5.56 Å². The minimum atomic E-state index is -0.193. The maximum absolute atomic E-state index is 12.3. The molecule has 0 spiro atoms. The van der Waals surface area contributed by atoms with Crippen molar-refractivity contribution in [3.8, 4) is 5.75 Å². The van der Waals surface area contributed by atoms with Crippen LogP contribution in [0.1, 0.15) is 50.9 Å². The maximum Gasteiger partial charge on any atom is 0.255 e. The number of para-hydroxylation sites is 1. The van der Waals surface area contributed by atoms with Crippen LogP contribution in [0.5, 0.6) is 5.75 Å². The van der Waals surface area contributed by atoms with Gasteiger partial charge >= 0.3 is 0 Å². The van der Waals surface area contributed by atoms with Gasteiger partial charge in [0.15, 0.2) is 0 Å². The normalized spacial score (nSPS) is 21.4. The molecule has 1 aliphatic rings. The van der Waals surface area contributed by atoms with Crippen molar-refractivity contribution < 1.29 is 15.2 Å². The van der Waals surface area contributed by atoms with Gasteiger partial charge in [-0.15, -0.1) is 0 Å². The molecule has 1 aliphatic heterocycles. The number of aromatic hydroxyl groups is 1. The standard InChI is InChI=1S/C16H24N2O2/c1-15(2)9-11(10-16(3,4)18-15)17-14(20)12-7-5-6-8-13(12)19/h5-8,11,18-19H,9-10H2,1-4H3,(H,17,20)/p+1. The van der Waals surface area contributed by atoms with Crippen molar-refractivity contribution in [3.63, 3.8) is 0 Å². The first-order valence-corrected chi connectivity index (χ1v) is 7.14. The Labute approximate surface area is 120 Å². The quantitative estimate of drug-likeness (QED) is 0.765. The Morgan fingerprint density at radius 2 is 1.75 bits per heavy atom. The number of carbonyl (C=O) groups excluding carboxylic acids is 1. The molecule has 1 heterocycles. The number of phenols is 1. The number of rotatable bonds is 2. The second kappa shape index (κ2) is 5.09. The highest BCUT2D eigenvalue weighted by Gasteiger charge is 2.42. The number of hydrogen-bond donors (Lipinski definition) is 3. The number of carbonyl (C=O) groups is 1. The predicted octanol–water partition coefficient (Wildman–Crippen LogP) is 1.41. The SMILES string of the molecule is CC1(C)CC(NC(=O)c2ccccc2O)CC(C)(C)[NH2+]1. The zero-order valence-corrected chi connectivity index (χ0v) is 12.7. The second-order valence-electron chi connectivity index (χ2n) is 7.22. The van der Waals surface area contributed by atoms with Gasteiger partial charge in [0.1, 0.15) is 5.75 Å². The van der Waals surface area contributed by atoms with E-state index in [4.69, 9.17) is 0 Å². The molecule has 110 valence electrons. The number of quaternary nitrogens is 1. The number of hydrogen-bond acceptors (Lipinski definition) is 2. The molecule has 4 N–H and O–H groups in total. The van der Waals surface area contributed by atoms with Crippen LogP contribution in [-0.2, 0) is 0 Å². The van der Waals surface area contributed by atoms with E-state index in [2.05, 4.69) is 38.3 Å². The molecule has 20 heavy (non-hydrogen) atoms. The highest BCUT2D eigenvalue weighted by molar-refractivity contribution is 5.96. The van der Waals surface area contributed by atoms with E-state index in [1.807, 2.05) is 0 Å². The van der Waals surface area contributed by atoms with Gasteiger partial charge in [0.25, 0.3) is 5.91 Å². The molecule has 0 unspecified atom stereocenters. The van der Waals surface area contributed by atoms with E-state index < -0.39 is 0 Å². The Morgan fingerprint density at radius 3 is 2.30 bits per heavy atom. The average Bonchev–Trinajstić information content (AvgIpc) is 2.24. The van der Waals surface area contributed by atoms with Crippen molar-refractivity contribution in [1.82, 2.24) is 5.32 Å². The molecule has 1 saturated heterocycles. The van der Waals surface area contributed by atoms with Gasteiger partial charge in [-0.2, -0.15) is 0 Å². The number of nitrogens with one attached hydrogen (secondary N) is 1. The van der Waals surface area contributed by atoms with Crippen molar-refractivity contribution in [2.24, 2.45) is 0 Å². The number of phenolic OH excluding ortho intramolecular Hbond substituents is 1. The Hall–Kier alpha value is -1.55. The smallest absolute Gasteiger partial charge is 0.255 e. The maximum atomic E-state index is 12.3. The fourth-order valence-corrected chi connectivity index (χ4v) is 3.55. The molecule has 0 bridgehead atoms. The first kappa shape index (κ1) is 14.9. The van der Waals surface area contributed by atoms with Gasteiger partial charge in [0.2, 0.25) is 0 Å². The van der Waals surface area contributed by atoms with Gasteiger partial charge < -0.3 is 15.7 Å². The Morgan fingerprint density at radius 1 is 1.20 bits per heavy atom. The van der Waals surface area contributed by atoms with Crippen LogP contribution in [0.3, 0.4) is 0 Å². The summed E-state index contributed by atoms with van der Waals surface area (Å²) in [6.45, 7) is 8.81. The summed E-state index contributed by atoms with van der Waals surface area (Å²) < 4.78 is 0. The molecular formula is C16H25N2O2+. The lowest BCUT2D eigenvalue weighted by atomic mass is 9.79. The largest absolute Gasteiger partial charge is 0.507 e. The lowest BCUT2D eigenvalue weighted by Gasteiger charge is -2.43. The van der Waals surface area contributed by atoms with E-state index in [1.165, 1.54) is 6.07 Å². The van der Waals surface area contributed by atoms with Crippen molar-refractivity contribution in [3.05, 3.63) is 29.8 Å². The topological polar surface area (TPSA) is 65.9 Å². The van der Waals surface area contributed by atoms with Crippen LogP contribution in [0.4, 0.5) is 0 Å². The Bertz CT molecular complexity index is 493. The van der Waals surface area contributed by atoms with Gasteiger partial charge in [-0.25, -0.2) is 0 Å². The van der Waals surface area contributed by atoms with Gasteiger partial charge in [0.05, 0.1) is 16.6 Å². The molecule has 0 aliphatic carbocycles. The molecule has 1 aromatic rings. The fraction of sp³-hybridized carbons (Fsp3) is 0.562. The van der Waals surface area contributed by atoms with E-state index in [1.54, 1.807) is 18.2 Å². The molecule has 1 amide bonds. The third kappa shape index (κ3) is 3.51. The minimum absolute atomic E-state index is 0.0332. The fourth-order valence-electron chi connectivity index (χ4n) is 3.55. The highest BCUT2D eigenvalue weighted by Crippen LogP contribution is 2.23. The summed E-state index contributed by atoms with van der Waals surface area (Å²) in [4.78, 5) is 12.3. The molecule has 0 saturated carbocycles. The molecule has 2 rings (SSSR count). The molecule has 1 fully saturated rings. The molecule has 4 nitrogen and oxygen atoms in total. The zero-order valence-electron chi connectivity index (χ0n) is 12.7. The zero-order chi connectivity index (χ0) is 15.0. The summed E-state index contributed by atoms with van der Waals surface area (Å²) in [6, 6.07) is 6.80. The monoisotopic (exact) mass is 277 g/mol. The summed E-state index contributed by atoms with van der Waals surface area (Å²) >= 11 is 0. The lowest BCUT2D eigenvalue weighted by Crippen LogP contribution is -3.06.